The van der Waals surface area contributed by atoms with Crippen molar-refractivity contribution >= 4 is 0 Å². The summed E-state index contributed by atoms with van der Waals surface area (Å²) in [4.78, 5) is 4.95. The van der Waals surface area contributed by atoms with Crippen molar-refractivity contribution in [2.45, 2.75) is 43.8 Å². The molecule has 3 aromatic carbocycles. The molecule has 0 saturated carbocycles. The maximum atomic E-state index is 13.0. The molecule has 2 fully saturated rings. The summed E-state index contributed by atoms with van der Waals surface area (Å²) < 4.78 is 43.3. The number of benzene rings is 3. The molecular weight excluding hydrogens is 437 g/mol. The Morgan fingerprint density at radius 1 is 0.824 bits per heavy atom. The van der Waals surface area contributed by atoms with Gasteiger partial charge in [-0.3, -0.25) is 9.80 Å². The Hall–Kier alpha value is -2.83. The minimum atomic E-state index is -4.70. The molecule has 0 N–H and O–H groups in total. The van der Waals surface area contributed by atoms with E-state index >= 15 is 0 Å². The highest BCUT2D eigenvalue weighted by Crippen LogP contribution is 2.38. The second kappa shape index (κ2) is 9.80. The molecule has 5 rings (SSSR count). The van der Waals surface area contributed by atoms with E-state index in [1.54, 1.807) is 18.2 Å². The van der Waals surface area contributed by atoms with Crippen molar-refractivity contribution in [3.63, 3.8) is 0 Å². The monoisotopic (exact) mass is 466 g/mol. The van der Waals surface area contributed by atoms with Crippen LogP contribution < -0.4 is 4.74 Å². The van der Waals surface area contributed by atoms with E-state index in [9.17, 15) is 13.2 Å². The molecular formula is C28H29F3N2O. The molecule has 34 heavy (non-hydrogen) atoms. The number of hydrogen-bond donors (Lipinski definition) is 0. The summed E-state index contributed by atoms with van der Waals surface area (Å²) >= 11 is 0. The first-order chi connectivity index (χ1) is 16.5. The number of para-hydroxylation sites is 1. The van der Waals surface area contributed by atoms with Crippen LogP contribution in [0.15, 0.2) is 84.9 Å². The molecule has 1 unspecified atom stereocenters. The largest absolute Gasteiger partial charge is 0.573 e. The van der Waals surface area contributed by atoms with E-state index in [0.717, 1.165) is 32.5 Å². The highest BCUT2D eigenvalue weighted by atomic mass is 19.4. The highest BCUT2D eigenvalue weighted by molar-refractivity contribution is 5.36. The highest BCUT2D eigenvalue weighted by Gasteiger charge is 2.42. The van der Waals surface area contributed by atoms with Gasteiger partial charge in [0.2, 0.25) is 0 Å². The van der Waals surface area contributed by atoms with Gasteiger partial charge in [-0.1, -0.05) is 78.9 Å². The van der Waals surface area contributed by atoms with Crippen molar-refractivity contribution in [1.29, 1.82) is 0 Å². The average molecular weight is 467 g/mol. The maximum absolute atomic E-state index is 13.0. The smallest absolute Gasteiger partial charge is 0.405 e. The lowest BCUT2D eigenvalue weighted by Gasteiger charge is -2.47. The number of rotatable bonds is 6. The molecule has 0 amide bonds. The van der Waals surface area contributed by atoms with E-state index in [2.05, 4.69) is 63.1 Å². The molecule has 0 spiro atoms. The molecule has 2 heterocycles. The van der Waals surface area contributed by atoms with Gasteiger partial charge >= 0.3 is 6.36 Å². The molecule has 0 aliphatic carbocycles. The van der Waals surface area contributed by atoms with Crippen LogP contribution in [0.5, 0.6) is 5.75 Å². The molecule has 178 valence electrons. The first kappa shape index (κ1) is 22.9. The number of piperazine rings is 1. The van der Waals surface area contributed by atoms with Gasteiger partial charge in [0.15, 0.2) is 0 Å². The minimum absolute atomic E-state index is 0.108. The molecule has 0 aromatic heterocycles. The van der Waals surface area contributed by atoms with Crippen molar-refractivity contribution < 1.29 is 17.9 Å². The summed E-state index contributed by atoms with van der Waals surface area (Å²) in [5.74, 6) is 0.0792. The lowest BCUT2D eigenvalue weighted by molar-refractivity contribution is -0.275. The number of ether oxygens (including phenoxy) is 1. The topological polar surface area (TPSA) is 15.7 Å². The molecule has 0 radical (unpaired) electrons. The summed E-state index contributed by atoms with van der Waals surface area (Å²) in [5.41, 5.74) is 3.11. The third kappa shape index (κ3) is 5.13. The molecule has 2 aliphatic rings. The van der Waals surface area contributed by atoms with Gasteiger partial charge in [0, 0.05) is 43.2 Å². The second-order valence-electron chi connectivity index (χ2n) is 9.25. The van der Waals surface area contributed by atoms with Crippen LogP contribution in [0.3, 0.4) is 0 Å². The number of hydrogen-bond acceptors (Lipinski definition) is 3. The van der Waals surface area contributed by atoms with Crippen LogP contribution in [0.2, 0.25) is 0 Å². The van der Waals surface area contributed by atoms with Crippen molar-refractivity contribution in [2.24, 2.45) is 0 Å². The minimum Gasteiger partial charge on any atom is -0.405 e. The first-order valence-electron chi connectivity index (χ1n) is 11.9. The maximum Gasteiger partial charge on any atom is 0.573 e. The molecule has 2 saturated heterocycles. The van der Waals surface area contributed by atoms with Gasteiger partial charge in [-0.25, -0.2) is 0 Å². The third-order valence-electron chi connectivity index (χ3n) is 7.06. The Morgan fingerprint density at radius 2 is 1.44 bits per heavy atom. The van der Waals surface area contributed by atoms with Gasteiger partial charge < -0.3 is 4.74 Å². The van der Waals surface area contributed by atoms with Crippen molar-refractivity contribution in [3.8, 4) is 5.75 Å². The zero-order valence-electron chi connectivity index (χ0n) is 19.0. The average Bonchev–Trinajstić information content (AvgIpc) is 3.30. The Balaban J connectivity index is 1.46. The summed E-state index contributed by atoms with van der Waals surface area (Å²) in [6, 6.07) is 28.3. The summed E-state index contributed by atoms with van der Waals surface area (Å²) in [7, 11) is 0. The number of alkyl halides is 3. The normalized spacial score (nSPS) is 21.5. The SMILES string of the molecule is FC(F)(F)Oc1ccccc1CN1CC(C(c2ccccc2)c2ccccc2)N2CCC[C@H]2C1. The Bertz CT molecular complexity index is 1030. The predicted octanol–water partition coefficient (Wildman–Crippen LogP) is 6.07. The predicted molar refractivity (Wildman–Crippen MR) is 127 cm³/mol. The third-order valence-corrected chi connectivity index (χ3v) is 7.06. The molecule has 6 heteroatoms. The van der Waals surface area contributed by atoms with E-state index in [4.69, 9.17) is 0 Å². The Labute approximate surface area is 198 Å². The molecule has 0 bridgehead atoms. The van der Waals surface area contributed by atoms with Gasteiger partial charge in [0.25, 0.3) is 0 Å². The Morgan fingerprint density at radius 3 is 2.09 bits per heavy atom. The zero-order chi connectivity index (χ0) is 23.5. The van der Waals surface area contributed by atoms with E-state index in [1.165, 1.54) is 17.2 Å². The van der Waals surface area contributed by atoms with Crippen LogP contribution in [0, 0.1) is 0 Å². The summed E-state index contributed by atoms with van der Waals surface area (Å²) in [6.45, 7) is 3.13. The van der Waals surface area contributed by atoms with Gasteiger partial charge in [-0.05, 0) is 36.6 Å². The van der Waals surface area contributed by atoms with Gasteiger partial charge in [-0.2, -0.15) is 0 Å². The van der Waals surface area contributed by atoms with E-state index in [0.29, 0.717) is 18.2 Å². The number of nitrogens with zero attached hydrogens (tertiary/aromatic N) is 2. The fourth-order valence-corrected chi connectivity index (χ4v) is 5.72. The second-order valence-corrected chi connectivity index (χ2v) is 9.25. The molecule has 2 atom stereocenters. The molecule has 3 aromatic rings. The van der Waals surface area contributed by atoms with E-state index in [1.807, 2.05) is 12.1 Å². The lowest BCUT2D eigenvalue weighted by atomic mass is 9.82. The quantitative estimate of drug-likeness (QED) is 0.439. The summed E-state index contributed by atoms with van der Waals surface area (Å²) in [6.07, 6.45) is -2.43. The van der Waals surface area contributed by atoms with E-state index < -0.39 is 6.36 Å². The number of halogens is 3. The fourth-order valence-electron chi connectivity index (χ4n) is 5.72. The van der Waals surface area contributed by atoms with Crippen LogP contribution in [-0.2, 0) is 6.54 Å². The van der Waals surface area contributed by atoms with Gasteiger partial charge in [-0.15, -0.1) is 13.2 Å². The molecule has 3 nitrogen and oxygen atoms in total. The van der Waals surface area contributed by atoms with Crippen molar-refractivity contribution in [1.82, 2.24) is 9.80 Å². The van der Waals surface area contributed by atoms with Crippen LogP contribution in [0.25, 0.3) is 0 Å². The van der Waals surface area contributed by atoms with Crippen LogP contribution in [-0.4, -0.2) is 47.9 Å². The fraction of sp³-hybridized carbons (Fsp3) is 0.357. The zero-order valence-corrected chi connectivity index (χ0v) is 19.0. The number of fused-ring (bicyclic) bond motifs is 1. The standard InChI is InChI=1S/C28H29F3N2O/c29-28(30,31)34-26-16-8-7-14-23(26)18-32-19-24-15-9-17-33(24)25(20-32)27(21-10-3-1-4-11-21)22-12-5-2-6-13-22/h1-8,10-14,16,24-25,27H,9,15,17-20H2/t24-,25?/m0/s1. The molecule has 2 aliphatic heterocycles. The first-order valence-corrected chi connectivity index (χ1v) is 11.9. The van der Waals surface area contributed by atoms with E-state index in [-0.39, 0.29) is 17.7 Å². The van der Waals surface area contributed by atoms with Crippen LogP contribution >= 0.6 is 0 Å². The van der Waals surface area contributed by atoms with Crippen LogP contribution in [0.1, 0.15) is 35.4 Å². The summed E-state index contributed by atoms with van der Waals surface area (Å²) in [5, 5.41) is 0. The van der Waals surface area contributed by atoms with Crippen LogP contribution in [0.4, 0.5) is 13.2 Å². The van der Waals surface area contributed by atoms with Gasteiger partial charge in [0.1, 0.15) is 5.75 Å². The van der Waals surface area contributed by atoms with Gasteiger partial charge in [0.05, 0.1) is 0 Å². The van der Waals surface area contributed by atoms with Crippen molar-refractivity contribution in [2.75, 3.05) is 19.6 Å². The Kier molecular flexibility index (Phi) is 6.61. The lowest BCUT2D eigenvalue weighted by Crippen LogP contribution is -2.57. The van der Waals surface area contributed by atoms with Crippen molar-refractivity contribution in [3.05, 3.63) is 102 Å².